The van der Waals surface area contributed by atoms with Gasteiger partial charge in [0, 0.05) is 17.0 Å². The smallest absolute Gasteiger partial charge is 0.305 e. The number of halogens is 1. The summed E-state index contributed by atoms with van der Waals surface area (Å²) in [6.45, 7) is 2.69. The van der Waals surface area contributed by atoms with Crippen molar-refractivity contribution in [3.63, 3.8) is 0 Å². The molecule has 0 unspecified atom stereocenters. The molecule has 0 heterocycles. The van der Waals surface area contributed by atoms with E-state index in [1.807, 2.05) is 0 Å². The van der Waals surface area contributed by atoms with E-state index >= 15 is 0 Å². The minimum absolute atomic E-state index is 0.0985. The van der Waals surface area contributed by atoms with Crippen molar-refractivity contribution >= 4 is 17.6 Å². The highest BCUT2D eigenvalue weighted by atomic mass is 35.5. The topological polar surface area (TPSA) is 55.8 Å². The van der Waals surface area contributed by atoms with E-state index in [9.17, 15) is 9.90 Å². The van der Waals surface area contributed by atoms with Crippen LogP contribution in [0.3, 0.4) is 0 Å². The van der Waals surface area contributed by atoms with Crippen LogP contribution < -0.4 is 4.74 Å². The molecule has 1 rings (SSSR count). The van der Waals surface area contributed by atoms with Crippen LogP contribution in [0.4, 0.5) is 0 Å². The fourth-order valence-corrected chi connectivity index (χ4v) is 1.97. The van der Waals surface area contributed by atoms with Gasteiger partial charge in [0.05, 0.1) is 19.8 Å². The number of carbonyl (C=O) groups is 1. The maximum Gasteiger partial charge on any atom is 0.305 e. The number of carbonyl (C=O) groups excluding carboxylic acids is 1. The molecule has 0 bridgehead atoms. The van der Waals surface area contributed by atoms with E-state index in [0.29, 0.717) is 36.0 Å². The number of rotatable bonds is 9. The lowest BCUT2D eigenvalue weighted by Crippen LogP contribution is -2.04. The van der Waals surface area contributed by atoms with Gasteiger partial charge >= 0.3 is 5.97 Å². The van der Waals surface area contributed by atoms with Gasteiger partial charge in [0.25, 0.3) is 0 Å². The van der Waals surface area contributed by atoms with Crippen molar-refractivity contribution in [3.05, 3.63) is 28.8 Å². The molecule has 4 nitrogen and oxygen atoms in total. The molecule has 0 saturated heterocycles. The average molecular weight is 301 g/mol. The molecule has 112 valence electrons. The lowest BCUT2D eigenvalue weighted by atomic mass is 10.2. The van der Waals surface area contributed by atoms with Gasteiger partial charge < -0.3 is 14.6 Å². The highest BCUT2D eigenvalue weighted by Crippen LogP contribution is 2.23. The Hall–Kier alpha value is -1.26. The van der Waals surface area contributed by atoms with Crippen LogP contribution in [-0.4, -0.2) is 24.3 Å². The number of ether oxygens (including phenoxy) is 2. The number of hydrogen-bond acceptors (Lipinski definition) is 4. The Morgan fingerprint density at radius 3 is 2.80 bits per heavy atom. The van der Waals surface area contributed by atoms with Crippen molar-refractivity contribution in [3.8, 4) is 5.75 Å². The predicted octanol–water partition coefficient (Wildman–Crippen LogP) is 3.33. The second-order valence-electron chi connectivity index (χ2n) is 4.37. The molecule has 0 saturated carbocycles. The lowest BCUT2D eigenvalue weighted by molar-refractivity contribution is -0.143. The maximum atomic E-state index is 11.1. The monoisotopic (exact) mass is 300 g/mol. The number of aliphatic hydroxyl groups excluding tert-OH is 1. The summed E-state index contributed by atoms with van der Waals surface area (Å²) in [7, 11) is 0. The van der Waals surface area contributed by atoms with E-state index in [1.54, 1.807) is 25.1 Å². The van der Waals surface area contributed by atoms with Crippen LogP contribution in [0.2, 0.25) is 5.02 Å². The minimum atomic E-state index is -0.145. The second-order valence-corrected chi connectivity index (χ2v) is 4.81. The first-order valence-corrected chi connectivity index (χ1v) is 7.23. The van der Waals surface area contributed by atoms with E-state index in [4.69, 9.17) is 21.1 Å². The molecule has 0 aliphatic heterocycles. The minimum Gasteiger partial charge on any atom is -0.493 e. The Kier molecular flexibility index (Phi) is 8.07. The Bertz CT molecular complexity index is 420. The van der Waals surface area contributed by atoms with Crippen molar-refractivity contribution in [1.29, 1.82) is 0 Å². The molecular weight excluding hydrogens is 280 g/mol. The molecule has 0 spiro atoms. The van der Waals surface area contributed by atoms with Crippen molar-refractivity contribution in [2.24, 2.45) is 0 Å². The third kappa shape index (κ3) is 6.26. The molecule has 0 amide bonds. The Labute approximate surface area is 124 Å². The molecule has 0 atom stereocenters. The summed E-state index contributed by atoms with van der Waals surface area (Å²) in [6, 6.07) is 5.18. The summed E-state index contributed by atoms with van der Waals surface area (Å²) in [5.74, 6) is 0.510. The molecule has 0 fully saturated rings. The molecule has 5 heteroatoms. The SMILES string of the molecule is CCOC(=O)CCCCCOc1ccc(Cl)cc1CO. The molecule has 1 N–H and O–H groups in total. The van der Waals surface area contributed by atoms with Crippen molar-refractivity contribution in [1.82, 2.24) is 0 Å². The normalized spacial score (nSPS) is 10.3. The number of esters is 1. The van der Waals surface area contributed by atoms with E-state index in [2.05, 4.69) is 0 Å². The van der Waals surface area contributed by atoms with Crippen LogP contribution in [0.25, 0.3) is 0 Å². The van der Waals surface area contributed by atoms with Crippen molar-refractivity contribution in [2.75, 3.05) is 13.2 Å². The number of aliphatic hydroxyl groups is 1. The number of hydrogen-bond donors (Lipinski definition) is 1. The molecule has 1 aromatic rings. The van der Waals surface area contributed by atoms with Gasteiger partial charge in [-0.15, -0.1) is 0 Å². The van der Waals surface area contributed by atoms with Crippen LogP contribution in [-0.2, 0) is 16.1 Å². The first kappa shape index (κ1) is 16.8. The maximum absolute atomic E-state index is 11.1. The summed E-state index contributed by atoms with van der Waals surface area (Å²) < 4.78 is 10.5. The van der Waals surface area contributed by atoms with Gasteiger partial charge in [-0.05, 0) is 44.4 Å². The number of unbranched alkanes of at least 4 members (excludes halogenated alkanes) is 2. The second kappa shape index (κ2) is 9.61. The first-order chi connectivity index (χ1) is 9.67. The Morgan fingerprint density at radius 2 is 2.10 bits per heavy atom. The largest absolute Gasteiger partial charge is 0.493 e. The summed E-state index contributed by atoms with van der Waals surface area (Å²) in [5, 5.41) is 9.78. The quantitative estimate of drug-likeness (QED) is 0.561. The van der Waals surface area contributed by atoms with Crippen LogP contribution in [0.15, 0.2) is 18.2 Å². The van der Waals surface area contributed by atoms with E-state index in [-0.39, 0.29) is 12.6 Å². The standard InChI is InChI=1S/C15H21ClO4/c1-2-19-15(18)6-4-3-5-9-20-14-8-7-13(16)10-12(14)11-17/h7-8,10,17H,2-6,9,11H2,1H3. The molecule has 0 aromatic heterocycles. The van der Waals surface area contributed by atoms with Crippen LogP contribution in [0.1, 0.15) is 38.2 Å². The van der Waals surface area contributed by atoms with Crippen molar-refractivity contribution < 1.29 is 19.4 Å². The van der Waals surface area contributed by atoms with Crippen molar-refractivity contribution in [2.45, 2.75) is 39.2 Å². The van der Waals surface area contributed by atoms with Crippen LogP contribution in [0, 0.1) is 0 Å². The third-order valence-electron chi connectivity index (χ3n) is 2.78. The number of benzene rings is 1. The molecule has 0 aliphatic rings. The molecule has 1 aromatic carbocycles. The van der Waals surface area contributed by atoms with Gasteiger partial charge in [-0.2, -0.15) is 0 Å². The Morgan fingerprint density at radius 1 is 1.30 bits per heavy atom. The zero-order valence-corrected chi connectivity index (χ0v) is 12.5. The van der Waals surface area contributed by atoms with Crippen LogP contribution >= 0.6 is 11.6 Å². The van der Waals surface area contributed by atoms with Gasteiger partial charge in [-0.25, -0.2) is 0 Å². The van der Waals surface area contributed by atoms with Gasteiger partial charge in [0.1, 0.15) is 5.75 Å². The van der Waals surface area contributed by atoms with E-state index < -0.39 is 0 Å². The van der Waals surface area contributed by atoms with Gasteiger partial charge in [0.15, 0.2) is 0 Å². The van der Waals surface area contributed by atoms with Crippen LogP contribution in [0.5, 0.6) is 5.75 Å². The molecule has 0 radical (unpaired) electrons. The van der Waals surface area contributed by atoms with Gasteiger partial charge in [0.2, 0.25) is 0 Å². The zero-order chi connectivity index (χ0) is 14.8. The highest BCUT2D eigenvalue weighted by Gasteiger charge is 2.04. The predicted molar refractivity (Wildman–Crippen MR) is 78.0 cm³/mol. The summed E-state index contributed by atoms with van der Waals surface area (Å²) >= 11 is 5.84. The Balaban J connectivity index is 2.20. The lowest BCUT2D eigenvalue weighted by Gasteiger charge is -2.10. The highest BCUT2D eigenvalue weighted by molar-refractivity contribution is 6.30. The molecule has 0 aliphatic carbocycles. The first-order valence-electron chi connectivity index (χ1n) is 6.85. The third-order valence-corrected chi connectivity index (χ3v) is 3.02. The van der Waals surface area contributed by atoms with Gasteiger partial charge in [-0.3, -0.25) is 4.79 Å². The summed E-state index contributed by atoms with van der Waals surface area (Å²) in [6.07, 6.45) is 3.01. The fourth-order valence-electron chi connectivity index (χ4n) is 1.78. The molecule has 20 heavy (non-hydrogen) atoms. The molecular formula is C15H21ClO4. The fraction of sp³-hybridized carbons (Fsp3) is 0.533. The summed E-state index contributed by atoms with van der Waals surface area (Å²) in [5.41, 5.74) is 0.684. The van der Waals surface area contributed by atoms with E-state index in [1.165, 1.54) is 0 Å². The van der Waals surface area contributed by atoms with Gasteiger partial charge in [-0.1, -0.05) is 11.6 Å². The zero-order valence-electron chi connectivity index (χ0n) is 11.7. The average Bonchev–Trinajstić information content (AvgIpc) is 2.44. The summed E-state index contributed by atoms with van der Waals surface area (Å²) in [4.78, 5) is 11.1. The van der Waals surface area contributed by atoms with E-state index in [0.717, 1.165) is 19.3 Å².